The molecular formula is C7H9N3O. The van der Waals surface area contributed by atoms with Gasteiger partial charge in [0.05, 0.1) is 11.0 Å². The molecule has 0 saturated carbocycles. The van der Waals surface area contributed by atoms with Gasteiger partial charge in [-0.1, -0.05) is 0 Å². The minimum atomic E-state index is 0.231. The van der Waals surface area contributed by atoms with Gasteiger partial charge in [0.25, 0.3) is 0 Å². The standard InChI is InChI=1S/C7H9N3O/c1-9-5-2-3-10(8)6(5)4-7(9)11/h2-4,11H,8H2,1H3. The average molecular weight is 151 g/mol. The van der Waals surface area contributed by atoms with Crippen LogP contribution in [0, 0.1) is 0 Å². The highest BCUT2D eigenvalue weighted by Gasteiger charge is 2.05. The van der Waals surface area contributed by atoms with Gasteiger partial charge in [-0.2, -0.15) is 0 Å². The van der Waals surface area contributed by atoms with Crippen molar-refractivity contribution in [2.24, 2.45) is 7.05 Å². The minimum Gasteiger partial charge on any atom is -0.494 e. The van der Waals surface area contributed by atoms with E-state index in [0.717, 1.165) is 11.0 Å². The quantitative estimate of drug-likeness (QED) is 0.535. The number of hydrogen-bond donors (Lipinski definition) is 2. The first-order chi connectivity index (χ1) is 5.20. The first kappa shape index (κ1) is 6.15. The van der Waals surface area contributed by atoms with Crippen LogP contribution in [0.4, 0.5) is 0 Å². The molecule has 0 aliphatic carbocycles. The van der Waals surface area contributed by atoms with E-state index < -0.39 is 0 Å². The van der Waals surface area contributed by atoms with Gasteiger partial charge in [0.15, 0.2) is 5.88 Å². The second-order valence-electron chi connectivity index (χ2n) is 2.56. The molecule has 0 unspecified atom stereocenters. The van der Waals surface area contributed by atoms with E-state index in [0.29, 0.717) is 0 Å². The molecule has 2 aromatic rings. The summed E-state index contributed by atoms with van der Waals surface area (Å²) in [4.78, 5) is 0. The lowest BCUT2D eigenvalue weighted by atomic mass is 10.5. The molecule has 4 heteroatoms. The second kappa shape index (κ2) is 1.72. The Morgan fingerprint density at radius 1 is 1.45 bits per heavy atom. The number of aryl methyl sites for hydroxylation is 1. The Morgan fingerprint density at radius 3 is 2.82 bits per heavy atom. The molecule has 0 fully saturated rings. The number of nitrogen functional groups attached to an aromatic ring is 1. The normalized spacial score (nSPS) is 11.0. The van der Waals surface area contributed by atoms with Crippen molar-refractivity contribution >= 4 is 11.0 Å². The Morgan fingerprint density at radius 2 is 2.18 bits per heavy atom. The molecule has 0 aliphatic heterocycles. The predicted molar refractivity (Wildman–Crippen MR) is 42.7 cm³/mol. The molecule has 2 heterocycles. The molecule has 0 radical (unpaired) electrons. The Kier molecular flexibility index (Phi) is 0.961. The summed E-state index contributed by atoms with van der Waals surface area (Å²) in [6, 6.07) is 3.49. The Hall–Kier alpha value is -1.58. The number of hydrogen-bond acceptors (Lipinski definition) is 2. The van der Waals surface area contributed by atoms with E-state index in [1.807, 2.05) is 6.07 Å². The van der Waals surface area contributed by atoms with Crippen LogP contribution in [0.5, 0.6) is 5.88 Å². The first-order valence-electron chi connectivity index (χ1n) is 3.31. The van der Waals surface area contributed by atoms with Crippen LogP contribution in [0.15, 0.2) is 18.3 Å². The predicted octanol–water partition coefficient (Wildman–Crippen LogP) is 0.399. The summed E-state index contributed by atoms with van der Waals surface area (Å²) in [6.07, 6.45) is 1.75. The summed E-state index contributed by atoms with van der Waals surface area (Å²) in [7, 11) is 1.79. The van der Waals surface area contributed by atoms with Crippen molar-refractivity contribution in [3.05, 3.63) is 18.3 Å². The van der Waals surface area contributed by atoms with Crippen LogP contribution < -0.4 is 5.84 Å². The highest BCUT2D eigenvalue weighted by molar-refractivity contribution is 5.79. The molecule has 0 amide bonds. The summed E-state index contributed by atoms with van der Waals surface area (Å²) in [5.41, 5.74) is 1.77. The molecule has 0 aromatic carbocycles. The zero-order valence-corrected chi connectivity index (χ0v) is 6.15. The van der Waals surface area contributed by atoms with Gasteiger partial charge in [-0.3, -0.25) is 4.68 Å². The summed E-state index contributed by atoms with van der Waals surface area (Å²) in [5.74, 6) is 5.78. The highest BCUT2D eigenvalue weighted by atomic mass is 16.3. The Bertz CT molecular complexity index is 399. The maximum atomic E-state index is 9.25. The largest absolute Gasteiger partial charge is 0.494 e. The Labute approximate surface area is 63.4 Å². The van der Waals surface area contributed by atoms with Gasteiger partial charge >= 0.3 is 0 Å². The van der Waals surface area contributed by atoms with E-state index in [1.54, 1.807) is 23.9 Å². The molecule has 58 valence electrons. The summed E-state index contributed by atoms with van der Waals surface area (Å²) in [6.45, 7) is 0. The maximum Gasteiger partial charge on any atom is 0.193 e. The summed E-state index contributed by atoms with van der Waals surface area (Å²) < 4.78 is 3.16. The maximum absolute atomic E-state index is 9.25. The van der Waals surface area contributed by atoms with E-state index in [-0.39, 0.29) is 5.88 Å². The first-order valence-corrected chi connectivity index (χ1v) is 3.31. The monoisotopic (exact) mass is 151 g/mol. The highest BCUT2D eigenvalue weighted by Crippen LogP contribution is 2.22. The van der Waals surface area contributed by atoms with E-state index in [2.05, 4.69) is 0 Å². The summed E-state index contributed by atoms with van der Waals surface area (Å²) >= 11 is 0. The van der Waals surface area contributed by atoms with Gasteiger partial charge in [-0.25, -0.2) is 0 Å². The van der Waals surface area contributed by atoms with E-state index >= 15 is 0 Å². The Balaban J connectivity index is 2.93. The third-order valence-corrected chi connectivity index (χ3v) is 1.90. The van der Waals surface area contributed by atoms with Gasteiger partial charge in [-0.15, -0.1) is 0 Å². The molecular weight excluding hydrogens is 142 g/mol. The third kappa shape index (κ3) is 0.633. The molecule has 4 nitrogen and oxygen atoms in total. The average Bonchev–Trinajstić information content (AvgIpc) is 2.43. The lowest BCUT2D eigenvalue weighted by molar-refractivity contribution is 0.435. The number of aromatic nitrogens is 2. The van der Waals surface area contributed by atoms with Gasteiger partial charge in [0.1, 0.15) is 0 Å². The van der Waals surface area contributed by atoms with Crippen molar-refractivity contribution in [1.29, 1.82) is 0 Å². The second-order valence-corrected chi connectivity index (χ2v) is 2.56. The topological polar surface area (TPSA) is 56.1 Å². The molecule has 0 atom stereocenters. The van der Waals surface area contributed by atoms with Crippen molar-refractivity contribution < 1.29 is 5.11 Å². The number of nitrogens with two attached hydrogens (primary N) is 1. The van der Waals surface area contributed by atoms with Crippen LogP contribution >= 0.6 is 0 Å². The van der Waals surface area contributed by atoms with E-state index in [9.17, 15) is 5.11 Å². The molecule has 0 spiro atoms. The van der Waals surface area contributed by atoms with Gasteiger partial charge < -0.3 is 15.5 Å². The van der Waals surface area contributed by atoms with Crippen LogP contribution in [0.25, 0.3) is 11.0 Å². The fraction of sp³-hybridized carbons (Fsp3) is 0.143. The van der Waals surface area contributed by atoms with E-state index in [4.69, 9.17) is 5.84 Å². The van der Waals surface area contributed by atoms with Gasteiger partial charge in [-0.05, 0) is 6.07 Å². The van der Waals surface area contributed by atoms with Crippen LogP contribution in [-0.4, -0.2) is 14.3 Å². The van der Waals surface area contributed by atoms with Crippen LogP contribution in [0.2, 0.25) is 0 Å². The molecule has 0 aliphatic rings. The molecule has 11 heavy (non-hydrogen) atoms. The molecule has 0 bridgehead atoms. The minimum absolute atomic E-state index is 0.231. The number of rotatable bonds is 0. The fourth-order valence-electron chi connectivity index (χ4n) is 1.22. The number of nitrogens with zero attached hydrogens (tertiary/aromatic N) is 2. The molecule has 2 aromatic heterocycles. The van der Waals surface area contributed by atoms with Crippen molar-refractivity contribution in [3.8, 4) is 5.88 Å². The molecule has 0 saturated heterocycles. The van der Waals surface area contributed by atoms with Crippen LogP contribution in [0.1, 0.15) is 0 Å². The van der Waals surface area contributed by atoms with Crippen LogP contribution in [-0.2, 0) is 7.05 Å². The molecule has 3 N–H and O–H groups in total. The van der Waals surface area contributed by atoms with Crippen molar-refractivity contribution in [2.45, 2.75) is 0 Å². The number of fused-ring (bicyclic) bond motifs is 1. The smallest absolute Gasteiger partial charge is 0.193 e. The van der Waals surface area contributed by atoms with Crippen LogP contribution in [0.3, 0.4) is 0 Å². The fourth-order valence-corrected chi connectivity index (χ4v) is 1.22. The third-order valence-electron chi connectivity index (χ3n) is 1.90. The van der Waals surface area contributed by atoms with Gasteiger partial charge in [0.2, 0.25) is 0 Å². The van der Waals surface area contributed by atoms with E-state index in [1.165, 1.54) is 4.68 Å². The number of aromatic hydroxyl groups is 1. The SMILES string of the molecule is Cn1c(O)cc2c1ccn2N. The van der Waals surface area contributed by atoms with Crippen molar-refractivity contribution in [1.82, 2.24) is 9.24 Å². The zero-order valence-electron chi connectivity index (χ0n) is 6.15. The van der Waals surface area contributed by atoms with Crippen molar-refractivity contribution in [3.63, 3.8) is 0 Å². The summed E-state index contributed by atoms with van der Waals surface area (Å²) in [5, 5.41) is 9.25. The van der Waals surface area contributed by atoms with Gasteiger partial charge in [0, 0.05) is 19.3 Å². The lowest BCUT2D eigenvalue weighted by Gasteiger charge is -1.91. The lowest BCUT2D eigenvalue weighted by Crippen LogP contribution is -2.03. The zero-order chi connectivity index (χ0) is 8.01. The molecule has 2 rings (SSSR count). The van der Waals surface area contributed by atoms with Crippen molar-refractivity contribution in [2.75, 3.05) is 5.84 Å².